The minimum absolute atomic E-state index is 0.0764. The third-order valence-electron chi connectivity index (χ3n) is 3.35. The fourth-order valence-corrected chi connectivity index (χ4v) is 2.61. The summed E-state index contributed by atoms with van der Waals surface area (Å²) < 4.78 is 43.2. The molecule has 2 aromatic heterocycles. The first-order valence-electron chi connectivity index (χ1n) is 7.76. The Balaban J connectivity index is 2.04. The molecular formula is C16H17Cl2F3N4O. The van der Waals surface area contributed by atoms with Gasteiger partial charge in [0.25, 0.3) is 0 Å². The minimum Gasteiger partial charge on any atom is -0.474 e. The Bertz CT molecular complexity index is 787. The first-order valence-corrected chi connectivity index (χ1v) is 8.52. The second-order valence-electron chi connectivity index (χ2n) is 5.60. The van der Waals surface area contributed by atoms with Crippen LogP contribution < -0.4 is 10.1 Å². The number of pyridine rings is 1. The third kappa shape index (κ3) is 5.11. The summed E-state index contributed by atoms with van der Waals surface area (Å²) in [6.07, 6.45) is -3.17. The smallest absolute Gasteiger partial charge is 0.417 e. The number of halogens is 5. The SMILES string of the molecule is CCc1nc(C)nc(N[C@@H](C)COc2ncc(C(F)(F)F)cc2Cl)c1Cl. The van der Waals surface area contributed by atoms with E-state index in [0.717, 1.165) is 11.8 Å². The highest BCUT2D eigenvalue weighted by Crippen LogP contribution is 2.33. The number of nitrogens with one attached hydrogen (secondary N) is 1. The Morgan fingerprint density at radius 1 is 1.27 bits per heavy atom. The summed E-state index contributed by atoms with van der Waals surface area (Å²) in [6, 6.07) is 0.520. The summed E-state index contributed by atoms with van der Waals surface area (Å²) in [6.45, 7) is 5.59. The van der Waals surface area contributed by atoms with Crippen LogP contribution in [0.2, 0.25) is 10.0 Å². The van der Waals surface area contributed by atoms with Gasteiger partial charge in [-0.1, -0.05) is 30.1 Å². The highest BCUT2D eigenvalue weighted by Gasteiger charge is 2.31. The van der Waals surface area contributed by atoms with Gasteiger partial charge in [0.05, 0.1) is 17.3 Å². The third-order valence-corrected chi connectivity index (χ3v) is 4.02. The first kappa shape index (κ1) is 20.5. The molecule has 0 spiro atoms. The van der Waals surface area contributed by atoms with E-state index < -0.39 is 11.7 Å². The maximum absolute atomic E-state index is 12.6. The van der Waals surface area contributed by atoms with E-state index in [2.05, 4.69) is 20.3 Å². The number of rotatable bonds is 6. The van der Waals surface area contributed by atoms with Gasteiger partial charge in [0.2, 0.25) is 5.88 Å². The van der Waals surface area contributed by atoms with Crippen LogP contribution in [-0.4, -0.2) is 27.6 Å². The molecule has 2 aromatic rings. The van der Waals surface area contributed by atoms with Crippen molar-refractivity contribution in [1.82, 2.24) is 15.0 Å². The van der Waals surface area contributed by atoms with Crippen LogP contribution in [0.15, 0.2) is 12.3 Å². The largest absolute Gasteiger partial charge is 0.474 e. The number of aromatic nitrogens is 3. The fraction of sp³-hybridized carbons (Fsp3) is 0.438. The lowest BCUT2D eigenvalue weighted by Gasteiger charge is -2.18. The number of ether oxygens (including phenoxy) is 1. The van der Waals surface area contributed by atoms with Crippen LogP contribution >= 0.6 is 23.2 Å². The molecular weight excluding hydrogens is 392 g/mol. The molecule has 0 aliphatic heterocycles. The van der Waals surface area contributed by atoms with Crippen LogP contribution in [0.3, 0.4) is 0 Å². The average Bonchev–Trinajstić information content (AvgIpc) is 2.55. The van der Waals surface area contributed by atoms with Crippen molar-refractivity contribution in [3.63, 3.8) is 0 Å². The van der Waals surface area contributed by atoms with E-state index in [1.165, 1.54) is 0 Å². The molecule has 0 aromatic carbocycles. The Morgan fingerprint density at radius 2 is 1.96 bits per heavy atom. The summed E-state index contributed by atoms with van der Waals surface area (Å²) in [7, 11) is 0. The van der Waals surface area contributed by atoms with Gasteiger partial charge in [-0.25, -0.2) is 15.0 Å². The summed E-state index contributed by atoms with van der Waals surface area (Å²) in [4.78, 5) is 12.1. The number of hydrogen-bond acceptors (Lipinski definition) is 5. The zero-order chi connectivity index (χ0) is 19.5. The number of nitrogens with zero attached hydrogens (tertiary/aromatic N) is 3. The maximum Gasteiger partial charge on any atom is 0.417 e. The molecule has 10 heteroatoms. The number of anilines is 1. The normalized spacial score (nSPS) is 12.8. The van der Waals surface area contributed by atoms with Gasteiger partial charge in [0.15, 0.2) is 0 Å². The molecule has 0 aliphatic carbocycles. The Hall–Kier alpha value is -1.80. The molecule has 1 atom stereocenters. The van der Waals surface area contributed by atoms with Gasteiger partial charge in [-0.2, -0.15) is 13.2 Å². The molecule has 0 saturated heterocycles. The van der Waals surface area contributed by atoms with Crippen molar-refractivity contribution in [1.29, 1.82) is 0 Å². The lowest BCUT2D eigenvalue weighted by atomic mass is 10.3. The van der Waals surface area contributed by atoms with E-state index in [4.69, 9.17) is 27.9 Å². The lowest BCUT2D eigenvalue weighted by Crippen LogP contribution is -2.25. The molecule has 0 unspecified atom stereocenters. The topological polar surface area (TPSA) is 59.9 Å². The van der Waals surface area contributed by atoms with Gasteiger partial charge in [0.1, 0.15) is 28.3 Å². The number of hydrogen-bond donors (Lipinski definition) is 1. The van der Waals surface area contributed by atoms with Crippen LogP contribution in [0.5, 0.6) is 5.88 Å². The summed E-state index contributed by atoms with van der Waals surface area (Å²) in [5, 5.41) is 3.31. The lowest BCUT2D eigenvalue weighted by molar-refractivity contribution is -0.137. The minimum atomic E-state index is -4.51. The fourth-order valence-electron chi connectivity index (χ4n) is 2.11. The molecule has 0 fully saturated rings. The summed E-state index contributed by atoms with van der Waals surface area (Å²) in [5.74, 6) is 0.973. The molecule has 1 N–H and O–H groups in total. The van der Waals surface area contributed by atoms with E-state index in [1.807, 2.05) is 6.92 Å². The highest BCUT2D eigenvalue weighted by atomic mass is 35.5. The van der Waals surface area contributed by atoms with Gasteiger partial charge in [-0.3, -0.25) is 0 Å². The Labute approximate surface area is 158 Å². The Kier molecular flexibility index (Phi) is 6.52. The van der Waals surface area contributed by atoms with Crippen molar-refractivity contribution >= 4 is 29.0 Å². The molecule has 0 aliphatic rings. The van der Waals surface area contributed by atoms with Gasteiger partial charge in [-0.05, 0) is 26.3 Å². The zero-order valence-electron chi connectivity index (χ0n) is 14.3. The van der Waals surface area contributed by atoms with Crippen molar-refractivity contribution in [2.75, 3.05) is 11.9 Å². The summed E-state index contributed by atoms with van der Waals surface area (Å²) in [5.41, 5.74) is -0.210. The first-order chi connectivity index (χ1) is 12.1. The molecule has 2 heterocycles. The second kappa shape index (κ2) is 8.26. The second-order valence-corrected chi connectivity index (χ2v) is 6.38. The van der Waals surface area contributed by atoms with E-state index in [0.29, 0.717) is 29.3 Å². The van der Waals surface area contributed by atoms with Crippen LogP contribution in [0, 0.1) is 6.92 Å². The molecule has 26 heavy (non-hydrogen) atoms. The van der Waals surface area contributed by atoms with Crippen molar-refractivity contribution in [2.45, 2.75) is 39.4 Å². The van der Waals surface area contributed by atoms with Crippen molar-refractivity contribution in [3.05, 3.63) is 39.4 Å². The number of alkyl halides is 3. The Morgan fingerprint density at radius 3 is 2.54 bits per heavy atom. The molecule has 5 nitrogen and oxygen atoms in total. The van der Waals surface area contributed by atoms with Crippen molar-refractivity contribution in [2.24, 2.45) is 0 Å². The highest BCUT2D eigenvalue weighted by molar-refractivity contribution is 6.33. The monoisotopic (exact) mass is 408 g/mol. The molecule has 0 radical (unpaired) electrons. The quantitative estimate of drug-likeness (QED) is 0.732. The van der Waals surface area contributed by atoms with Crippen LogP contribution in [0.4, 0.5) is 19.0 Å². The van der Waals surface area contributed by atoms with Crippen LogP contribution in [0.25, 0.3) is 0 Å². The van der Waals surface area contributed by atoms with Crippen molar-refractivity contribution in [3.8, 4) is 5.88 Å². The van der Waals surface area contributed by atoms with E-state index in [1.54, 1.807) is 13.8 Å². The molecule has 0 bridgehead atoms. The zero-order valence-corrected chi connectivity index (χ0v) is 15.8. The van der Waals surface area contributed by atoms with Gasteiger partial charge >= 0.3 is 6.18 Å². The average molecular weight is 409 g/mol. The molecule has 0 saturated carbocycles. The van der Waals surface area contributed by atoms with Gasteiger partial charge in [0, 0.05) is 6.20 Å². The van der Waals surface area contributed by atoms with Gasteiger partial charge in [-0.15, -0.1) is 0 Å². The maximum atomic E-state index is 12.6. The number of aryl methyl sites for hydroxylation is 2. The summed E-state index contributed by atoms with van der Waals surface area (Å²) >= 11 is 12.1. The van der Waals surface area contributed by atoms with Gasteiger partial charge < -0.3 is 10.1 Å². The predicted octanol–water partition coefficient (Wildman–Crippen LogP) is 4.95. The van der Waals surface area contributed by atoms with Crippen LogP contribution in [0.1, 0.15) is 30.9 Å². The molecule has 142 valence electrons. The van der Waals surface area contributed by atoms with E-state index >= 15 is 0 Å². The van der Waals surface area contributed by atoms with Crippen molar-refractivity contribution < 1.29 is 17.9 Å². The van der Waals surface area contributed by atoms with E-state index in [-0.39, 0.29) is 23.6 Å². The predicted molar refractivity (Wildman–Crippen MR) is 94.0 cm³/mol. The standard InChI is InChI=1S/C16H17Cl2F3N4O/c1-4-12-13(18)14(25-9(3)24-12)23-8(2)7-26-15-11(17)5-10(6-22-15)16(19,20)21/h5-6,8H,4,7H2,1-3H3,(H,23,24,25)/t8-/m0/s1. The molecule has 2 rings (SSSR count). The van der Waals surface area contributed by atoms with Crippen LogP contribution in [-0.2, 0) is 12.6 Å². The van der Waals surface area contributed by atoms with E-state index in [9.17, 15) is 13.2 Å². The molecule has 0 amide bonds.